The van der Waals surface area contributed by atoms with Crippen LogP contribution >= 0.6 is 11.3 Å². The van der Waals surface area contributed by atoms with Crippen molar-refractivity contribution in [2.24, 2.45) is 7.05 Å². The molecular weight excluding hydrogens is 452 g/mol. The van der Waals surface area contributed by atoms with Gasteiger partial charge in [-0.2, -0.15) is 10.4 Å². The highest BCUT2D eigenvalue weighted by Crippen LogP contribution is 2.33. The third kappa shape index (κ3) is 3.64. The summed E-state index contributed by atoms with van der Waals surface area (Å²) in [6.45, 7) is 2.94. The number of anilines is 2. The molecule has 0 aliphatic carbocycles. The fraction of sp³-hybridized carbons (Fsp3) is 0.217. The van der Waals surface area contributed by atoms with Gasteiger partial charge in [-0.25, -0.2) is 28.8 Å². The highest BCUT2D eigenvalue weighted by Gasteiger charge is 2.34. The Bertz CT molecular complexity index is 1480. The van der Waals surface area contributed by atoms with E-state index in [2.05, 4.69) is 21.1 Å². The van der Waals surface area contributed by atoms with E-state index in [4.69, 9.17) is 5.26 Å². The fourth-order valence-electron chi connectivity index (χ4n) is 3.97. The summed E-state index contributed by atoms with van der Waals surface area (Å²) in [5, 5.41) is 15.3. The summed E-state index contributed by atoms with van der Waals surface area (Å²) in [7, 11) is 1.61. The van der Waals surface area contributed by atoms with Gasteiger partial charge in [0.25, 0.3) is 0 Å². The predicted octanol–water partition coefficient (Wildman–Crippen LogP) is 2.91. The first-order chi connectivity index (χ1) is 16.5. The van der Waals surface area contributed by atoms with Gasteiger partial charge in [-0.3, -0.25) is 9.80 Å². The van der Waals surface area contributed by atoms with Gasteiger partial charge in [0, 0.05) is 31.7 Å². The van der Waals surface area contributed by atoms with Crippen LogP contribution in [0.3, 0.4) is 0 Å². The van der Waals surface area contributed by atoms with Crippen molar-refractivity contribution in [2.45, 2.75) is 13.3 Å². The van der Waals surface area contributed by atoms with Crippen molar-refractivity contribution in [1.82, 2.24) is 24.3 Å². The molecule has 5 rings (SSSR count). The van der Waals surface area contributed by atoms with E-state index in [1.807, 2.05) is 42.6 Å². The largest absolute Gasteiger partial charge is 0.350 e. The third-order valence-corrected chi connectivity index (χ3v) is 6.66. The van der Waals surface area contributed by atoms with Crippen LogP contribution in [0.2, 0.25) is 0 Å². The van der Waals surface area contributed by atoms with Crippen LogP contribution in [0.5, 0.6) is 0 Å². The molecule has 0 radical (unpaired) electrons. The minimum absolute atomic E-state index is 0.183. The van der Waals surface area contributed by atoms with Crippen LogP contribution in [-0.2, 0) is 13.5 Å². The van der Waals surface area contributed by atoms with Gasteiger partial charge in [0.1, 0.15) is 12.1 Å². The first-order valence-corrected chi connectivity index (χ1v) is 11.4. The molecule has 4 heterocycles. The molecule has 0 saturated carbocycles. The number of carbonyl (C=O) groups is 1. The lowest BCUT2D eigenvalue weighted by Crippen LogP contribution is -2.32. The van der Waals surface area contributed by atoms with Crippen molar-refractivity contribution >= 4 is 28.3 Å². The molecule has 11 heteroatoms. The molecule has 2 amide bonds. The molecule has 0 unspecified atom stereocenters. The minimum Gasteiger partial charge on any atom is -0.276 e. The summed E-state index contributed by atoms with van der Waals surface area (Å²) in [5.74, 6) is 0.603. The van der Waals surface area contributed by atoms with Gasteiger partial charge in [0.2, 0.25) is 0 Å². The number of hydrogen-bond donors (Lipinski definition) is 0. The van der Waals surface area contributed by atoms with Crippen LogP contribution in [0.1, 0.15) is 11.3 Å². The Kier molecular flexibility index (Phi) is 5.43. The average Bonchev–Trinajstić information content (AvgIpc) is 3.54. The Morgan fingerprint density at radius 2 is 1.88 bits per heavy atom. The predicted molar refractivity (Wildman–Crippen MR) is 128 cm³/mol. The zero-order valence-corrected chi connectivity index (χ0v) is 19.4. The standard InChI is InChI=1S/C23H20N8O2S/c1-15-19(16-3-5-18(6-4-16)31-14-26-28(2)22(31)32)8-10-25-20(15)29-11-12-30(23(29)33)21-27-17(7-9-24)13-34-21/h3-6,8,10,13-14H,7,11-12H2,1-2H3. The van der Waals surface area contributed by atoms with Gasteiger partial charge in [0.15, 0.2) is 5.13 Å². The first kappa shape index (κ1) is 21.5. The molecule has 1 aromatic carbocycles. The van der Waals surface area contributed by atoms with E-state index < -0.39 is 0 Å². The van der Waals surface area contributed by atoms with Crippen molar-refractivity contribution in [3.05, 3.63) is 70.0 Å². The van der Waals surface area contributed by atoms with Crippen molar-refractivity contribution in [1.29, 1.82) is 5.26 Å². The second-order valence-electron chi connectivity index (χ2n) is 7.80. The Morgan fingerprint density at radius 1 is 1.12 bits per heavy atom. The summed E-state index contributed by atoms with van der Waals surface area (Å²) in [6, 6.07) is 11.4. The van der Waals surface area contributed by atoms with Gasteiger partial charge in [-0.1, -0.05) is 12.1 Å². The monoisotopic (exact) mass is 472 g/mol. The second-order valence-corrected chi connectivity index (χ2v) is 8.64. The van der Waals surface area contributed by atoms with Crippen LogP contribution in [0.15, 0.2) is 53.0 Å². The lowest BCUT2D eigenvalue weighted by Gasteiger charge is -2.19. The number of rotatable bonds is 5. The molecule has 1 aliphatic heterocycles. The summed E-state index contributed by atoms with van der Waals surface area (Å²) in [4.78, 5) is 37.5. The first-order valence-electron chi connectivity index (χ1n) is 10.6. The zero-order chi connectivity index (χ0) is 23.8. The second kappa shape index (κ2) is 8.57. The summed E-state index contributed by atoms with van der Waals surface area (Å²) < 4.78 is 2.76. The Labute approximate surface area is 199 Å². The van der Waals surface area contributed by atoms with Crippen molar-refractivity contribution in [2.75, 3.05) is 22.9 Å². The van der Waals surface area contributed by atoms with Crippen LogP contribution in [-0.4, -0.2) is 43.4 Å². The molecule has 10 nitrogen and oxygen atoms in total. The number of nitrogens with zero attached hydrogens (tertiary/aromatic N) is 8. The number of carbonyl (C=O) groups excluding carboxylic acids is 1. The SMILES string of the molecule is Cc1c(-c2ccc(-n3cnn(C)c3=O)cc2)ccnc1N1CCN(c2nc(CC#N)cs2)C1=O. The van der Waals surface area contributed by atoms with E-state index in [0.29, 0.717) is 29.7 Å². The average molecular weight is 473 g/mol. The number of aryl methyl sites for hydroxylation is 1. The Balaban J connectivity index is 1.42. The van der Waals surface area contributed by atoms with E-state index >= 15 is 0 Å². The highest BCUT2D eigenvalue weighted by atomic mass is 32.1. The van der Waals surface area contributed by atoms with Crippen LogP contribution in [0.25, 0.3) is 16.8 Å². The fourth-order valence-corrected chi connectivity index (χ4v) is 4.81. The van der Waals surface area contributed by atoms with Crippen molar-refractivity contribution in [3.8, 4) is 22.9 Å². The molecule has 0 spiro atoms. The van der Waals surface area contributed by atoms with Gasteiger partial charge < -0.3 is 0 Å². The van der Waals surface area contributed by atoms with E-state index in [-0.39, 0.29) is 18.1 Å². The molecule has 0 N–H and O–H groups in total. The maximum absolute atomic E-state index is 13.2. The number of hydrogen-bond acceptors (Lipinski definition) is 7. The maximum atomic E-state index is 13.2. The molecule has 4 aromatic rings. The quantitative estimate of drug-likeness (QED) is 0.441. The van der Waals surface area contributed by atoms with Crippen molar-refractivity contribution in [3.63, 3.8) is 0 Å². The normalized spacial score (nSPS) is 13.5. The van der Waals surface area contributed by atoms with Gasteiger partial charge in [0.05, 0.1) is 23.9 Å². The number of thiazole rings is 1. The summed E-state index contributed by atoms with van der Waals surface area (Å²) >= 11 is 1.36. The highest BCUT2D eigenvalue weighted by molar-refractivity contribution is 7.14. The summed E-state index contributed by atoms with van der Waals surface area (Å²) in [5.41, 5.74) is 3.96. The minimum atomic E-state index is -0.216. The molecule has 34 heavy (non-hydrogen) atoms. The molecule has 0 bridgehead atoms. The number of aromatic nitrogens is 5. The van der Waals surface area contributed by atoms with Gasteiger partial charge >= 0.3 is 11.7 Å². The van der Waals surface area contributed by atoms with Gasteiger partial charge in [-0.15, -0.1) is 11.3 Å². The molecule has 170 valence electrons. The maximum Gasteiger partial charge on any atom is 0.350 e. The van der Waals surface area contributed by atoms with Crippen LogP contribution in [0.4, 0.5) is 15.7 Å². The van der Waals surface area contributed by atoms with Crippen molar-refractivity contribution < 1.29 is 4.79 Å². The van der Waals surface area contributed by atoms with Gasteiger partial charge in [-0.05, 0) is 41.8 Å². The summed E-state index contributed by atoms with van der Waals surface area (Å²) in [6.07, 6.45) is 3.41. The smallest absolute Gasteiger partial charge is 0.276 e. The number of nitriles is 1. The van der Waals surface area contributed by atoms with E-state index in [9.17, 15) is 9.59 Å². The molecule has 1 aliphatic rings. The van der Waals surface area contributed by atoms with E-state index in [1.165, 1.54) is 26.9 Å². The van der Waals surface area contributed by atoms with E-state index in [1.54, 1.807) is 23.0 Å². The lowest BCUT2D eigenvalue weighted by molar-refractivity contribution is 0.255. The van der Waals surface area contributed by atoms with Crippen LogP contribution in [0, 0.1) is 18.3 Å². The zero-order valence-electron chi connectivity index (χ0n) is 18.5. The molecule has 0 atom stereocenters. The molecular formula is C23H20N8O2S. The molecule has 3 aromatic heterocycles. The van der Waals surface area contributed by atoms with E-state index in [0.717, 1.165) is 22.4 Å². The molecule has 1 fully saturated rings. The number of amides is 2. The molecule has 1 saturated heterocycles. The number of benzene rings is 1. The van der Waals surface area contributed by atoms with Crippen LogP contribution < -0.4 is 15.5 Å². The number of urea groups is 1. The number of pyridine rings is 1. The topological polar surface area (TPSA) is 113 Å². The third-order valence-electron chi connectivity index (χ3n) is 5.75. The lowest BCUT2D eigenvalue weighted by atomic mass is 10.0. The Hall–Kier alpha value is -4.30. The Morgan fingerprint density at radius 3 is 2.59 bits per heavy atom.